The van der Waals surface area contributed by atoms with E-state index in [1.54, 1.807) is 20.8 Å². The second-order valence-electron chi connectivity index (χ2n) is 3.40. The molecule has 0 aliphatic carbocycles. The van der Waals surface area contributed by atoms with Gasteiger partial charge in [0.05, 0.1) is 11.4 Å². The van der Waals surface area contributed by atoms with E-state index in [1.165, 1.54) is 0 Å². The highest BCUT2D eigenvalue weighted by atomic mass is 16.4. The zero-order valence-electron chi connectivity index (χ0n) is 9.97. The van der Waals surface area contributed by atoms with Crippen LogP contribution in [-0.2, 0) is 0 Å². The van der Waals surface area contributed by atoms with Gasteiger partial charge in [0.1, 0.15) is 5.71 Å². The molecule has 16 heavy (non-hydrogen) atoms. The normalized spacial score (nSPS) is 10.1. The van der Waals surface area contributed by atoms with Crippen LogP contribution in [0.4, 0.5) is 0 Å². The maximum Gasteiger partial charge on any atom is 0.102 e. The van der Waals surface area contributed by atoms with E-state index in [9.17, 15) is 0 Å². The molecule has 88 valence electrons. The minimum absolute atomic E-state index is 0.536. The van der Waals surface area contributed by atoms with E-state index in [4.69, 9.17) is 10.4 Å². The molecule has 0 spiro atoms. The summed E-state index contributed by atoms with van der Waals surface area (Å²) in [6.07, 6.45) is 0. The number of hydrogen-bond donors (Lipinski definition) is 2. The average Bonchev–Trinajstić information content (AvgIpc) is 2.28. The fraction of sp³-hybridized carbons (Fsp3) is 0.364. The molecule has 1 aromatic heterocycles. The van der Waals surface area contributed by atoms with Crippen LogP contribution in [0.2, 0.25) is 0 Å². The summed E-state index contributed by atoms with van der Waals surface area (Å²) < 4.78 is 0. The van der Waals surface area contributed by atoms with Crippen molar-refractivity contribution in [1.29, 1.82) is 0 Å². The fourth-order valence-electron chi connectivity index (χ4n) is 0.796. The molecule has 0 fully saturated rings. The number of oxime groups is 2. The van der Waals surface area contributed by atoms with Crippen molar-refractivity contribution in [1.82, 2.24) is 4.98 Å². The Kier molecular flexibility index (Phi) is 6.51. The molecule has 1 heterocycles. The number of hydrogen-bond acceptors (Lipinski definition) is 5. The van der Waals surface area contributed by atoms with Crippen LogP contribution in [0.5, 0.6) is 0 Å². The van der Waals surface area contributed by atoms with Crippen LogP contribution in [0.25, 0.3) is 0 Å². The topological polar surface area (TPSA) is 78.1 Å². The van der Waals surface area contributed by atoms with Gasteiger partial charge in [0, 0.05) is 5.69 Å². The molecule has 0 saturated heterocycles. The first-order valence-corrected chi connectivity index (χ1v) is 4.79. The molecular formula is C11H17N3O2. The van der Waals surface area contributed by atoms with E-state index in [0.29, 0.717) is 17.1 Å². The van der Waals surface area contributed by atoms with Crippen LogP contribution >= 0.6 is 0 Å². The van der Waals surface area contributed by atoms with Crippen LogP contribution in [0, 0.1) is 6.92 Å². The third-order valence-electron chi connectivity index (χ3n) is 1.61. The smallest absolute Gasteiger partial charge is 0.102 e. The van der Waals surface area contributed by atoms with Gasteiger partial charge < -0.3 is 10.4 Å². The van der Waals surface area contributed by atoms with E-state index in [1.807, 2.05) is 25.1 Å². The van der Waals surface area contributed by atoms with Gasteiger partial charge >= 0.3 is 0 Å². The second kappa shape index (κ2) is 7.39. The first kappa shape index (κ1) is 14.1. The number of aryl methyl sites for hydroxylation is 1. The van der Waals surface area contributed by atoms with Gasteiger partial charge in [-0.1, -0.05) is 16.4 Å². The van der Waals surface area contributed by atoms with Gasteiger partial charge in [0.15, 0.2) is 0 Å². The Bertz CT molecular complexity index is 383. The molecule has 1 rings (SSSR count). The molecule has 0 radical (unpaired) electrons. The third-order valence-corrected chi connectivity index (χ3v) is 1.61. The summed E-state index contributed by atoms with van der Waals surface area (Å²) in [7, 11) is 0. The van der Waals surface area contributed by atoms with Crippen molar-refractivity contribution in [3.05, 3.63) is 29.6 Å². The predicted octanol–water partition coefficient (Wildman–Crippen LogP) is 2.44. The number of pyridine rings is 1. The van der Waals surface area contributed by atoms with Crippen LogP contribution in [-0.4, -0.2) is 26.8 Å². The zero-order valence-corrected chi connectivity index (χ0v) is 9.97. The van der Waals surface area contributed by atoms with Crippen LogP contribution < -0.4 is 0 Å². The van der Waals surface area contributed by atoms with Gasteiger partial charge in [0.25, 0.3) is 0 Å². The first-order valence-electron chi connectivity index (χ1n) is 4.79. The molecule has 1 aromatic rings. The number of nitrogens with zero attached hydrogens (tertiary/aromatic N) is 3. The molecule has 0 aliphatic heterocycles. The summed E-state index contributed by atoms with van der Waals surface area (Å²) in [6.45, 7) is 7.05. The lowest BCUT2D eigenvalue weighted by Gasteiger charge is -1.97. The lowest BCUT2D eigenvalue weighted by molar-refractivity contribution is 0.318. The Hall–Kier alpha value is -1.91. The molecule has 0 unspecified atom stereocenters. The molecule has 5 nitrogen and oxygen atoms in total. The van der Waals surface area contributed by atoms with Crippen molar-refractivity contribution in [3.8, 4) is 0 Å². The highest BCUT2D eigenvalue weighted by Gasteiger charge is 1.97. The average molecular weight is 223 g/mol. The minimum Gasteiger partial charge on any atom is -0.411 e. The Morgan fingerprint density at radius 2 is 1.69 bits per heavy atom. The Labute approximate surface area is 95.1 Å². The van der Waals surface area contributed by atoms with E-state index in [0.717, 1.165) is 5.69 Å². The van der Waals surface area contributed by atoms with Crippen LogP contribution in [0.1, 0.15) is 32.2 Å². The van der Waals surface area contributed by atoms with Crippen molar-refractivity contribution < 1.29 is 10.4 Å². The van der Waals surface area contributed by atoms with Crippen LogP contribution in [0.3, 0.4) is 0 Å². The van der Waals surface area contributed by atoms with Gasteiger partial charge in [-0.25, -0.2) is 0 Å². The Morgan fingerprint density at radius 1 is 1.12 bits per heavy atom. The summed E-state index contributed by atoms with van der Waals surface area (Å²) in [6, 6.07) is 5.59. The molecule has 0 saturated carbocycles. The van der Waals surface area contributed by atoms with Crippen molar-refractivity contribution >= 4 is 11.4 Å². The molecule has 2 N–H and O–H groups in total. The van der Waals surface area contributed by atoms with E-state index >= 15 is 0 Å². The second-order valence-corrected chi connectivity index (χ2v) is 3.40. The summed E-state index contributed by atoms with van der Waals surface area (Å²) in [5.74, 6) is 0. The maximum absolute atomic E-state index is 8.43. The van der Waals surface area contributed by atoms with Crippen molar-refractivity contribution in [3.63, 3.8) is 0 Å². The summed E-state index contributed by atoms with van der Waals surface area (Å²) in [5, 5.41) is 22.0. The van der Waals surface area contributed by atoms with E-state index in [-0.39, 0.29) is 0 Å². The predicted molar refractivity (Wildman–Crippen MR) is 63.5 cm³/mol. The van der Waals surface area contributed by atoms with Crippen molar-refractivity contribution in [2.24, 2.45) is 10.3 Å². The van der Waals surface area contributed by atoms with E-state index < -0.39 is 0 Å². The van der Waals surface area contributed by atoms with E-state index in [2.05, 4.69) is 15.3 Å². The molecule has 0 aromatic carbocycles. The van der Waals surface area contributed by atoms with Gasteiger partial charge in [-0.15, -0.1) is 0 Å². The minimum atomic E-state index is 0.536. The summed E-state index contributed by atoms with van der Waals surface area (Å²) >= 11 is 0. The molecule has 0 atom stereocenters. The first-order chi connectivity index (χ1) is 7.51. The van der Waals surface area contributed by atoms with Gasteiger partial charge in [-0.3, -0.25) is 4.98 Å². The molecule has 5 heteroatoms. The Balaban J connectivity index is 0.000000385. The molecule has 0 bridgehead atoms. The van der Waals surface area contributed by atoms with Crippen LogP contribution in [0.15, 0.2) is 28.5 Å². The summed E-state index contributed by atoms with van der Waals surface area (Å²) in [4.78, 5) is 4.15. The van der Waals surface area contributed by atoms with Crippen molar-refractivity contribution in [2.45, 2.75) is 27.7 Å². The lowest BCUT2D eigenvalue weighted by Crippen LogP contribution is -1.98. The highest BCUT2D eigenvalue weighted by molar-refractivity contribution is 5.96. The zero-order chi connectivity index (χ0) is 12.6. The van der Waals surface area contributed by atoms with Gasteiger partial charge in [-0.2, -0.15) is 0 Å². The maximum atomic E-state index is 8.43. The lowest BCUT2D eigenvalue weighted by atomic mass is 10.2. The quantitative estimate of drug-likeness (QED) is 0.436. The highest BCUT2D eigenvalue weighted by Crippen LogP contribution is 1.99. The largest absolute Gasteiger partial charge is 0.411 e. The number of aromatic nitrogens is 1. The van der Waals surface area contributed by atoms with Crippen molar-refractivity contribution in [2.75, 3.05) is 0 Å². The molecular weight excluding hydrogens is 206 g/mol. The van der Waals surface area contributed by atoms with Gasteiger partial charge in [0.2, 0.25) is 0 Å². The monoisotopic (exact) mass is 223 g/mol. The molecule has 0 aliphatic rings. The Morgan fingerprint density at radius 3 is 2.06 bits per heavy atom. The van der Waals surface area contributed by atoms with Gasteiger partial charge in [-0.05, 0) is 39.8 Å². The number of rotatable bonds is 1. The standard InChI is InChI=1S/C8H10N2O.C3H7NO/c1-6-4-3-5-8(9-6)7(2)10-11;1-3(2)4-5/h3-5,11H,1-2H3;5H,1-2H3/b10-7+;. The fourth-order valence-corrected chi connectivity index (χ4v) is 0.796. The molecule has 0 amide bonds. The third kappa shape index (κ3) is 5.74. The SMILES string of the molecule is C/C(=N\O)c1cccc(C)n1.CC(C)=NO. The summed E-state index contributed by atoms with van der Waals surface area (Å²) in [5.41, 5.74) is 2.86.